The van der Waals surface area contributed by atoms with Crippen LogP contribution in [0.4, 0.5) is 5.95 Å². The van der Waals surface area contributed by atoms with Crippen molar-refractivity contribution in [3.63, 3.8) is 0 Å². The van der Waals surface area contributed by atoms with Crippen molar-refractivity contribution in [2.45, 2.75) is 33.4 Å². The van der Waals surface area contributed by atoms with Gasteiger partial charge < -0.3 is 9.88 Å². The van der Waals surface area contributed by atoms with Gasteiger partial charge in [0.2, 0.25) is 5.95 Å². The Balaban J connectivity index is 2.45. The number of rotatable bonds is 2. The van der Waals surface area contributed by atoms with Crippen molar-refractivity contribution in [1.29, 1.82) is 0 Å². The first-order chi connectivity index (χ1) is 8.26. The standard InChI is InChI=1S/C11H15N5O/c1-3-7-13-9-8(15(7)4-2)10(17)14-11-12-5-6-16(9)11/h3-6H2,1-2H3,(H,12,14,17). The summed E-state index contributed by atoms with van der Waals surface area (Å²) in [4.78, 5) is 20.7. The second-order valence-corrected chi connectivity index (χ2v) is 4.12. The van der Waals surface area contributed by atoms with Gasteiger partial charge in [-0.3, -0.25) is 9.36 Å². The second-order valence-electron chi connectivity index (χ2n) is 4.12. The molecule has 0 unspecified atom stereocenters. The first-order valence-corrected chi connectivity index (χ1v) is 6.00. The Morgan fingerprint density at radius 2 is 2.18 bits per heavy atom. The first-order valence-electron chi connectivity index (χ1n) is 6.00. The Bertz CT molecular complexity index is 639. The molecule has 6 heteroatoms. The molecule has 1 aliphatic rings. The number of hydrogen-bond acceptors (Lipinski definition) is 4. The molecule has 2 aromatic rings. The van der Waals surface area contributed by atoms with Crippen LogP contribution in [0.25, 0.3) is 11.2 Å². The van der Waals surface area contributed by atoms with E-state index in [1.54, 1.807) is 0 Å². The Labute approximate surface area is 98.3 Å². The fourth-order valence-electron chi connectivity index (χ4n) is 2.43. The fraction of sp³-hybridized carbons (Fsp3) is 0.545. The van der Waals surface area contributed by atoms with E-state index in [1.165, 1.54) is 0 Å². The normalized spacial score (nSPS) is 14.0. The van der Waals surface area contributed by atoms with Gasteiger partial charge in [0.1, 0.15) is 5.82 Å². The lowest BCUT2D eigenvalue weighted by Crippen LogP contribution is -2.15. The predicted molar refractivity (Wildman–Crippen MR) is 65.3 cm³/mol. The average molecular weight is 233 g/mol. The van der Waals surface area contributed by atoms with E-state index >= 15 is 0 Å². The molecule has 1 aliphatic heterocycles. The molecule has 0 amide bonds. The lowest BCUT2D eigenvalue weighted by atomic mass is 10.4. The minimum atomic E-state index is -0.185. The maximum Gasteiger partial charge on any atom is 0.300 e. The van der Waals surface area contributed by atoms with Crippen LogP contribution in [-0.2, 0) is 19.5 Å². The van der Waals surface area contributed by atoms with E-state index in [0.29, 0.717) is 11.5 Å². The molecule has 2 aromatic heterocycles. The molecule has 3 heterocycles. The molecule has 0 atom stereocenters. The van der Waals surface area contributed by atoms with Gasteiger partial charge in [0.05, 0.1) is 0 Å². The van der Waals surface area contributed by atoms with Gasteiger partial charge in [-0.2, -0.15) is 4.98 Å². The van der Waals surface area contributed by atoms with E-state index in [-0.39, 0.29) is 5.56 Å². The van der Waals surface area contributed by atoms with Crippen LogP contribution in [0.2, 0.25) is 0 Å². The van der Waals surface area contributed by atoms with Crippen LogP contribution in [-0.4, -0.2) is 25.6 Å². The molecule has 6 nitrogen and oxygen atoms in total. The van der Waals surface area contributed by atoms with Crippen LogP contribution >= 0.6 is 0 Å². The second kappa shape index (κ2) is 3.58. The third kappa shape index (κ3) is 1.30. The minimum Gasteiger partial charge on any atom is -0.354 e. The quantitative estimate of drug-likeness (QED) is 0.825. The van der Waals surface area contributed by atoms with Crippen LogP contribution < -0.4 is 10.9 Å². The molecule has 0 aliphatic carbocycles. The largest absolute Gasteiger partial charge is 0.354 e. The zero-order valence-electron chi connectivity index (χ0n) is 10.0. The topological polar surface area (TPSA) is 64.7 Å². The molecular weight excluding hydrogens is 218 g/mol. The van der Waals surface area contributed by atoms with Gasteiger partial charge in [-0.05, 0) is 6.92 Å². The molecule has 0 saturated heterocycles. The van der Waals surface area contributed by atoms with Gasteiger partial charge in [-0.15, -0.1) is 0 Å². The van der Waals surface area contributed by atoms with Crippen molar-refractivity contribution in [2.75, 3.05) is 11.9 Å². The van der Waals surface area contributed by atoms with Crippen molar-refractivity contribution < 1.29 is 0 Å². The fourth-order valence-corrected chi connectivity index (χ4v) is 2.43. The molecule has 3 rings (SSSR count). The summed E-state index contributed by atoms with van der Waals surface area (Å²) in [5.41, 5.74) is 1.22. The van der Waals surface area contributed by atoms with Gasteiger partial charge in [0.15, 0.2) is 11.2 Å². The van der Waals surface area contributed by atoms with Crippen LogP contribution in [0.3, 0.4) is 0 Å². The van der Waals surface area contributed by atoms with Gasteiger partial charge >= 0.3 is 5.56 Å². The van der Waals surface area contributed by atoms with E-state index in [1.807, 2.05) is 16.1 Å². The Morgan fingerprint density at radius 3 is 2.88 bits per heavy atom. The lowest BCUT2D eigenvalue weighted by molar-refractivity contribution is 0.723. The number of aromatic nitrogens is 4. The van der Waals surface area contributed by atoms with Gasteiger partial charge in [0.25, 0.3) is 0 Å². The Hall–Kier alpha value is -1.85. The first kappa shape index (κ1) is 10.3. The van der Waals surface area contributed by atoms with Crippen molar-refractivity contribution in [3.8, 4) is 0 Å². The third-order valence-corrected chi connectivity index (χ3v) is 3.20. The number of anilines is 1. The molecule has 17 heavy (non-hydrogen) atoms. The number of nitrogens with zero attached hydrogens (tertiary/aromatic N) is 4. The maximum atomic E-state index is 12.0. The van der Waals surface area contributed by atoms with Crippen molar-refractivity contribution >= 4 is 17.1 Å². The van der Waals surface area contributed by atoms with E-state index < -0.39 is 0 Å². The summed E-state index contributed by atoms with van der Waals surface area (Å²) in [7, 11) is 0. The Morgan fingerprint density at radius 1 is 1.35 bits per heavy atom. The van der Waals surface area contributed by atoms with Crippen molar-refractivity contribution in [2.24, 2.45) is 0 Å². The molecule has 1 N–H and O–H groups in total. The van der Waals surface area contributed by atoms with E-state index in [4.69, 9.17) is 0 Å². The summed E-state index contributed by atoms with van der Waals surface area (Å²) in [5, 5.41) is 3.10. The molecule has 0 saturated carbocycles. The molecule has 0 aromatic carbocycles. The zero-order chi connectivity index (χ0) is 12.0. The van der Waals surface area contributed by atoms with Crippen molar-refractivity contribution in [1.82, 2.24) is 19.1 Å². The SMILES string of the molecule is CCc1nc2c(c(=O)nc3n2CCN3)n1CC. The highest BCUT2D eigenvalue weighted by molar-refractivity contribution is 5.73. The van der Waals surface area contributed by atoms with Crippen LogP contribution in [0.15, 0.2) is 4.79 Å². The number of hydrogen-bond donors (Lipinski definition) is 1. The highest BCUT2D eigenvalue weighted by atomic mass is 16.1. The lowest BCUT2D eigenvalue weighted by Gasteiger charge is -2.04. The van der Waals surface area contributed by atoms with Crippen molar-refractivity contribution in [3.05, 3.63) is 16.2 Å². The monoisotopic (exact) mass is 233 g/mol. The summed E-state index contributed by atoms with van der Waals surface area (Å²) in [5.74, 6) is 1.60. The number of aryl methyl sites for hydroxylation is 2. The molecular formula is C11H15N5O. The Kier molecular flexibility index (Phi) is 2.17. The maximum absolute atomic E-state index is 12.0. The zero-order valence-corrected chi connectivity index (χ0v) is 10.0. The minimum absolute atomic E-state index is 0.185. The third-order valence-electron chi connectivity index (χ3n) is 3.20. The molecule has 0 fully saturated rings. The smallest absolute Gasteiger partial charge is 0.300 e. The average Bonchev–Trinajstić information content (AvgIpc) is 2.91. The van der Waals surface area contributed by atoms with Crippen LogP contribution in [0, 0.1) is 0 Å². The summed E-state index contributed by atoms with van der Waals surface area (Å²) in [6, 6.07) is 0. The molecule has 0 spiro atoms. The molecule has 90 valence electrons. The summed E-state index contributed by atoms with van der Waals surface area (Å²) < 4.78 is 3.96. The highest BCUT2D eigenvalue weighted by Gasteiger charge is 2.20. The van der Waals surface area contributed by atoms with Gasteiger partial charge in [0, 0.05) is 26.1 Å². The van der Waals surface area contributed by atoms with Gasteiger partial charge in [-0.25, -0.2) is 4.98 Å². The number of imidazole rings is 1. The highest BCUT2D eigenvalue weighted by Crippen LogP contribution is 2.19. The predicted octanol–water partition coefficient (Wildman–Crippen LogP) is 0.601. The number of nitrogens with one attached hydrogen (secondary N) is 1. The molecule has 0 radical (unpaired) electrons. The van der Waals surface area contributed by atoms with Crippen LogP contribution in [0.5, 0.6) is 0 Å². The summed E-state index contributed by atoms with van der Waals surface area (Å²) >= 11 is 0. The molecule has 0 bridgehead atoms. The van der Waals surface area contributed by atoms with Gasteiger partial charge in [-0.1, -0.05) is 6.92 Å². The van der Waals surface area contributed by atoms with E-state index in [0.717, 1.165) is 37.5 Å². The summed E-state index contributed by atoms with van der Waals surface area (Å²) in [6.45, 7) is 6.46. The van der Waals surface area contributed by atoms with E-state index in [2.05, 4.69) is 22.2 Å². The number of fused-ring (bicyclic) bond motifs is 3. The van der Waals surface area contributed by atoms with E-state index in [9.17, 15) is 4.79 Å². The summed E-state index contributed by atoms with van der Waals surface area (Å²) in [6.07, 6.45) is 0.824. The van der Waals surface area contributed by atoms with Crippen LogP contribution in [0.1, 0.15) is 19.7 Å².